The third-order valence-electron chi connectivity index (χ3n) is 4.13. The second kappa shape index (κ2) is 8.71. The van der Waals surface area contributed by atoms with Crippen LogP contribution in [-0.2, 0) is 19.1 Å². The first-order chi connectivity index (χ1) is 10.3. The van der Waals surface area contributed by atoms with Gasteiger partial charge >= 0.3 is 5.97 Å². The molecule has 0 saturated heterocycles. The average Bonchev–Trinajstić information content (AvgIpc) is 2.48. The molecule has 1 N–H and O–H groups in total. The van der Waals surface area contributed by atoms with Crippen molar-refractivity contribution in [1.29, 1.82) is 0 Å². The van der Waals surface area contributed by atoms with E-state index in [1.807, 2.05) is 13.8 Å². The topological polar surface area (TPSA) is 72.5 Å². The summed E-state index contributed by atoms with van der Waals surface area (Å²) in [5.41, 5.74) is 0.402. The van der Waals surface area contributed by atoms with Crippen molar-refractivity contribution in [2.45, 2.75) is 71.4 Å². The van der Waals surface area contributed by atoms with Crippen molar-refractivity contribution < 1.29 is 19.1 Å². The summed E-state index contributed by atoms with van der Waals surface area (Å²) in [5.74, 6) is -0.977. The molecule has 0 aromatic rings. The van der Waals surface area contributed by atoms with E-state index in [9.17, 15) is 14.4 Å². The van der Waals surface area contributed by atoms with Gasteiger partial charge in [-0.15, -0.1) is 0 Å². The molecule has 0 heterocycles. The minimum atomic E-state index is -0.481. The minimum absolute atomic E-state index is 0.0220. The summed E-state index contributed by atoms with van der Waals surface area (Å²) < 4.78 is 5.32. The molecule has 5 heteroatoms. The van der Waals surface area contributed by atoms with Gasteiger partial charge < -0.3 is 10.1 Å². The van der Waals surface area contributed by atoms with Crippen molar-refractivity contribution >= 4 is 17.7 Å². The number of hydrogen-bond acceptors (Lipinski definition) is 4. The SMILES string of the molecule is C=C(C)C(=O)OC1CCC(CC(=O)C(=O)NC(C)CC)CC1. The minimum Gasteiger partial charge on any atom is -0.459 e. The standard InChI is InChI=1S/C17H27NO4/c1-5-12(4)18-16(20)15(19)10-13-6-8-14(9-7-13)22-17(21)11(2)3/h12-14H,2,5-10H2,1,3-4H3,(H,18,20). The maximum Gasteiger partial charge on any atom is 0.333 e. The van der Waals surface area contributed by atoms with Crippen LogP contribution in [0.15, 0.2) is 12.2 Å². The zero-order chi connectivity index (χ0) is 16.7. The molecular formula is C17H27NO4. The van der Waals surface area contributed by atoms with Gasteiger partial charge in [-0.3, -0.25) is 9.59 Å². The molecule has 1 unspecified atom stereocenters. The number of carbonyl (C=O) groups is 3. The highest BCUT2D eigenvalue weighted by molar-refractivity contribution is 6.36. The van der Waals surface area contributed by atoms with E-state index in [0.717, 1.165) is 32.1 Å². The molecule has 1 amide bonds. The molecule has 0 spiro atoms. The van der Waals surface area contributed by atoms with E-state index in [2.05, 4.69) is 11.9 Å². The summed E-state index contributed by atoms with van der Waals surface area (Å²) in [7, 11) is 0. The molecule has 0 radical (unpaired) electrons. The molecule has 1 atom stereocenters. The van der Waals surface area contributed by atoms with Crippen LogP contribution in [0.3, 0.4) is 0 Å². The van der Waals surface area contributed by atoms with Crippen LogP contribution in [0.25, 0.3) is 0 Å². The molecule has 0 bridgehead atoms. The highest BCUT2D eigenvalue weighted by Gasteiger charge is 2.27. The fourth-order valence-electron chi connectivity index (χ4n) is 2.47. The Morgan fingerprint density at radius 1 is 1.23 bits per heavy atom. The number of Topliss-reactive ketones (excluding diaryl/α,β-unsaturated/α-hetero) is 1. The molecule has 1 saturated carbocycles. The van der Waals surface area contributed by atoms with Crippen molar-refractivity contribution in [3.63, 3.8) is 0 Å². The van der Waals surface area contributed by atoms with Crippen molar-refractivity contribution in [3.05, 3.63) is 12.2 Å². The van der Waals surface area contributed by atoms with E-state index in [0.29, 0.717) is 5.57 Å². The number of hydrogen-bond donors (Lipinski definition) is 1. The number of rotatable bonds is 7. The van der Waals surface area contributed by atoms with E-state index in [-0.39, 0.29) is 36.2 Å². The Labute approximate surface area is 132 Å². The summed E-state index contributed by atoms with van der Waals surface area (Å²) in [6.45, 7) is 9.03. The molecule has 5 nitrogen and oxygen atoms in total. The monoisotopic (exact) mass is 309 g/mol. The van der Waals surface area contributed by atoms with Gasteiger partial charge in [0.1, 0.15) is 6.10 Å². The lowest BCUT2D eigenvalue weighted by Gasteiger charge is -2.28. The Bertz CT molecular complexity index is 436. The Kier molecular flexibility index (Phi) is 7.28. The highest BCUT2D eigenvalue weighted by Crippen LogP contribution is 2.29. The van der Waals surface area contributed by atoms with E-state index in [1.165, 1.54) is 0 Å². The van der Waals surface area contributed by atoms with Crippen LogP contribution in [0.5, 0.6) is 0 Å². The molecule has 0 aromatic carbocycles. The van der Waals surface area contributed by atoms with Gasteiger partial charge in [0.05, 0.1) is 0 Å². The number of nitrogens with one attached hydrogen (secondary N) is 1. The molecule has 1 aliphatic rings. The van der Waals surface area contributed by atoms with Gasteiger partial charge in [-0.05, 0) is 51.9 Å². The van der Waals surface area contributed by atoms with E-state index in [4.69, 9.17) is 4.74 Å². The molecule has 124 valence electrons. The smallest absolute Gasteiger partial charge is 0.333 e. The van der Waals surface area contributed by atoms with Crippen LogP contribution in [-0.4, -0.2) is 29.8 Å². The van der Waals surface area contributed by atoms with Crippen LogP contribution < -0.4 is 5.32 Å². The van der Waals surface area contributed by atoms with E-state index < -0.39 is 5.91 Å². The molecular weight excluding hydrogens is 282 g/mol. The van der Waals surface area contributed by atoms with Crippen molar-refractivity contribution in [2.75, 3.05) is 0 Å². The number of esters is 1. The fraction of sp³-hybridized carbons (Fsp3) is 0.706. The summed E-state index contributed by atoms with van der Waals surface area (Å²) in [6, 6.07) is 0.0220. The summed E-state index contributed by atoms with van der Waals surface area (Å²) >= 11 is 0. The van der Waals surface area contributed by atoms with Crippen molar-refractivity contribution in [2.24, 2.45) is 5.92 Å². The summed E-state index contributed by atoms with van der Waals surface area (Å²) in [5, 5.41) is 2.70. The Hall–Kier alpha value is -1.65. The third kappa shape index (κ3) is 6.00. The number of ether oxygens (including phenoxy) is 1. The normalized spacial score (nSPS) is 22.5. The third-order valence-corrected chi connectivity index (χ3v) is 4.13. The Morgan fingerprint density at radius 2 is 1.82 bits per heavy atom. The molecule has 22 heavy (non-hydrogen) atoms. The molecule has 1 fully saturated rings. The lowest BCUT2D eigenvalue weighted by Crippen LogP contribution is -2.38. The quantitative estimate of drug-likeness (QED) is 0.445. The maximum atomic E-state index is 11.9. The zero-order valence-corrected chi connectivity index (χ0v) is 13.8. The lowest BCUT2D eigenvalue weighted by molar-refractivity contribution is -0.146. The second-order valence-electron chi connectivity index (χ2n) is 6.24. The van der Waals surface area contributed by atoms with E-state index in [1.54, 1.807) is 6.92 Å². The van der Waals surface area contributed by atoms with Crippen LogP contribution in [0, 0.1) is 5.92 Å². The van der Waals surface area contributed by atoms with Crippen molar-refractivity contribution in [1.82, 2.24) is 5.32 Å². The van der Waals surface area contributed by atoms with Gasteiger partial charge in [0, 0.05) is 18.0 Å². The first-order valence-corrected chi connectivity index (χ1v) is 8.03. The van der Waals surface area contributed by atoms with Gasteiger partial charge in [0.15, 0.2) is 0 Å². The second-order valence-corrected chi connectivity index (χ2v) is 6.24. The average molecular weight is 309 g/mol. The molecule has 0 aliphatic heterocycles. The van der Waals surface area contributed by atoms with Crippen LogP contribution in [0.1, 0.15) is 59.3 Å². The lowest BCUT2D eigenvalue weighted by atomic mass is 9.84. The summed E-state index contributed by atoms with van der Waals surface area (Å²) in [4.78, 5) is 35.1. The predicted molar refractivity (Wildman–Crippen MR) is 84.2 cm³/mol. The van der Waals surface area contributed by atoms with E-state index >= 15 is 0 Å². The Morgan fingerprint density at radius 3 is 2.32 bits per heavy atom. The Balaban J connectivity index is 2.33. The first kappa shape index (κ1) is 18.4. The first-order valence-electron chi connectivity index (χ1n) is 8.03. The number of ketones is 1. The van der Waals surface area contributed by atoms with Crippen LogP contribution in [0.4, 0.5) is 0 Å². The molecule has 0 aromatic heterocycles. The maximum absolute atomic E-state index is 11.9. The molecule has 1 aliphatic carbocycles. The van der Waals surface area contributed by atoms with Gasteiger partial charge in [-0.1, -0.05) is 13.5 Å². The predicted octanol–water partition coefficient (Wildman–Crippen LogP) is 2.54. The summed E-state index contributed by atoms with van der Waals surface area (Å²) in [6.07, 6.45) is 4.08. The van der Waals surface area contributed by atoms with Crippen LogP contribution >= 0.6 is 0 Å². The zero-order valence-electron chi connectivity index (χ0n) is 13.8. The number of carbonyl (C=O) groups excluding carboxylic acids is 3. The van der Waals surface area contributed by atoms with Crippen molar-refractivity contribution in [3.8, 4) is 0 Å². The van der Waals surface area contributed by atoms with Gasteiger partial charge in [-0.2, -0.15) is 0 Å². The largest absolute Gasteiger partial charge is 0.459 e. The van der Waals surface area contributed by atoms with Gasteiger partial charge in [-0.25, -0.2) is 4.79 Å². The number of amides is 1. The highest BCUT2D eigenvalue weighted by atomic mass is 16.5. The van der Waals surface area contributed by atoms with Gasteiger partial charge in [0.25, 0.3) is 5.91 Å². The van der Waals surface area contributed by atoms with Gasteiger partial charge in [0.2, 0.25) is 5.78 Å². The van der Waals surface area contributed by atoms with Crippen LogP contribution in [0.2, 0.25) is 0 Å². The molecule has 1 rings (SSSR count). The fourth-order valence-corrected chi connectivity index (χ4v) is 2.47.